The zero-order chi connectivity index (χ0) is 8.77. The van der Waals surface area contributed by atoms with E-state index in [0.717, 1.165) is 23.9 Å². The van der Waals surface area contributed by atoms with Crippen LogP contribution in [0, 0.1) is 5.92 Å². The normalized spacial score (nSPS) is 39.7. The van der Waals surface area contributed by atoms with Crippen molar-refractivity contribution in [2.75, 3.05) is 20.6 Å². The third-order valence-electron chi connectivity index (χ3n) is 3.55. The van der Waals surface area contributed by atoms with Crippen molar-refractivity contribution in [3.8, 4) is 0 Å². The van der Waals surface area contributed by atoms with Gasteiger partial charge in [0.05, 0.1) is 26.6 Å². The maximum absolute atomic E-state index is 11.8. The molecule has 1 saturated heterocycles. The Hall–Kier alpha value is -0.370. The third-order valence-corrected chi connectivity index (χ3v) is 3.55. The minimum atomic E-state index is 0.331. The van der Waals surface area contributed by atoms with Gasteiger partial charge in [0.1, 0.15) is 6.04 Å². The van der Waals surface area contributed by atoms with Crippen LogP contribution in [0.2, 0.25) is 0 Å². The van der Waals surface area contributed by atoms with Crippen molar-refractivity contribution in [1.82, 2.24) is 0 Å². The molecule has 0 aromatic carbocycles. The Morgan fingerprint density at radius 2 is 1.92 bits per heavy atom. The number of likely N-dealkylation sites (N-methyl/N-ethyl adjacent to an activating group) is 1. The maximum Gasteiger partial charge on any atom is 0.198 e. The van der Waals surface area contributed by atoms with Gasteiger partial charge < -0.3 is 4.48 Å². The van der Waals surface area contributed by atoms with Crippen LogP contribution in [-0.4, -0.2) is 36.9 Å². The van der Waals surface area contributed by atoms with Gasteiger partial charge >= 0.3 is 0 Å². The Morgan fingerprint density at radius 3 is 2.67 bits per heavy atom. The molecular weight excluding hydrogens is 150 g/mol. The first-order chi connectivity index (χ1) is 5.61. The largest absolute Gasteiger partial charge is 0.319 e. The number of fused-ring (bicyclic) bond motifs is 2. The second kappa shape index (κ2) is 2.56. The molecular formula is C10H18NO+. The molecule has 0 N–H and O–H groups in total. The van der Waals surface area contributed by atoms with Gasteiger partial charge in [0, 0.05) is 6.42 Å². The van der Waals surface area contributed by atoms with Gasteiger partial charge in [0.25, 0.3) is 0 Å². The van der Waals surface area contributed by atoms with Crippen molar-refractivity contribution in [2.45, 2.75) is 31.7 Å². The summed E-state index contributed by atoms with van der Waals surface area (Å²) in [7, 11) is 4.40. The minimum Gasteiger partial charge on any atom is -0.319 e. The first kappa shape index (κ1) is 8.24. The van der Waals surface area contributed by atoms with Crippen LogP contribution in [0.3, 0.4) is 0 Å². The fourth-order valence-corrected chi connectivity index (χ4v) is 2.86. The topological polar surface area (TPSA) is 17.1 Å². The summed E-state index contributed by atoms with van der Waals surface area (Å²) in [5.74, 6) is 0.949. The highest BCUT2D eigenvalue weighted by molar-refractivity contribution is 5.87. The molecule has 2 rings (SSSR count). The van der Waals surface area contributed by atoms with Crippen LogP contribution in [0.15, 0.2) is 0 Å². The van der Waals surface area contributed by atoms with Crippen molar-refractivity contribution in [1.29, 1.82) is 0 Å². The van der Waals surface area contributed by atoms with E-state index >= 15 is 0 Å². The number of carbonyl (C=O) groups excluding carboxylic acids is 1. The standard InChI is InChI=1S/C10H18NO/c1-11(2)7-8-5-3-4-6-9(11)10(8)12/h8-9H,3-7H2,1-2H3/q+1/t8-,9+/m0/s1. The number of hydrogen-bond donors (Lipinski definition) is 0. The Labute approximate surface area is 74.1 Å². The van der Waals surface area contributed by atoms with Crippen LogP contribution < -0.4 is 0 Å². The summed E-state index contributed by atoms with van der Waals surface area (Å²) in [4.78, 5) is 11.8. The molecule has 2 heteroatoms. The quantitative estimate of drug-likeness (QED) is 0.497. The first-order valence-electron chi connectivity index (χ1n) is 4.98. The van der Waals surface area contributed by atoms with Crippen molar-refractivity contribution < 1.29 is 9.28 Å². The van der Waals surface area contributed by atoms with Crippen molar-refractivity contribution in [3.63, 3.8) is 0 Å². The third kappa shape index (κ3) is 1.09. The number of ketones is 1. The number of nitrogens with zero attached hydrogens (tertiary/aromatic N) is 1. The van der Waals surface area contributed by atoms with Crippen LogP contribution in [0.1, 0.15) is 25.7 Å². The van der Waals surface area contributed by atoms with E-state index in [-0.39, 0.29) is 0 Å². The summed E-state index contributed by atoms with van der Waals surface area (Å²) in [5, 5.41) is 0. The fraction of sp³-hybridized carbons (Fsp3) is 0.900. The summed E-state index contributed by atoms with van der Waals surface area (Å²) in [6, 6.07) is 0.331. The molecule has 2 nitrogen and oxygen atoms in total. The number of likely N-dealkylation sites (tertiary alicyclic amines) is 1. The number of Topliss-reactive ketones (excluding diaryl/α,β-unsaturated/α-hetero) is 1. The number of hydrogen-bond acceptors (Lipinski definition) is 1. The van der Waals surface area contributed by atoms with E-state index in [1.165, 1.54) is 12.8 Å². The Kier molecular flexibility index (Phi) is 1.76. The van der Waals surface area contributed by atoms with Crippen LogP contribution in [0.5, 0.6) is 0 Å². The van der Waals surface area contributed by atoms with Gasteiger partial charge in [-0.1, -0.05) is 6.42 Å². The van der Waals surface area contributed by atoms with E-state index in [4.69, 9.17) is 0 Å². The molecule has 0 radical (unpaired) electrons. The maximum atomic E-state index is 11.8. The molecule has 2 aliphatic rings. The average molecular weight is 168 g/mol. The lowest BCUT2D eigenvalue weighted by Gasteiger charge is -2.31. The molecule has 2 bridgehead atoms. The van der Waals surface area contributed by atoms with Gasteiger partial charge in [-0.15, -0.1) is 0 Å². The molecule has 0 aromatic rings. The second-order valence-electron chi connectivity index (χ2n) is 4.86. The lowest BCUT2D eigenvalue weighted by Crippen LogP contribution is -2.46. The fourth-order valence-electron chi connectivity index (χ4n) is 2.86. The molecule has 1 saturated carbocycles. The smallest absolute Gasteiger partial charge is 0.198 e. The summed E-state index contributed by atoms with van der Waals surface area (Å²) < 4.78 is 0.948. The highest BCUT2D eigenvalue weighted by atomic mass is 16.1. The van der Waals surface area contributed by atoms with Crippen LogP contribution in [-0.2, 0) is 4.79 Å². The van der Waals surface area contributed by atoms with E-state index in [1.54, 1.807) is 0 Å². The minimum absolute atomic E-state index is 0.331. The van der Waals surface area contributed by atoms with Gasteiger partial charge in [-0.05, 0) is 12.8 Å². The number of quaternary nitrogens is 1. The lowest BCUT2D eigenvalue weighted by molar-refractivity contribution is -0.899. The molecule has 68 valence electrons. The Morgan fingerprint density at radius 1 is 1.25 bits per heavy atom. The van der Waals surface area contributed by atoms with E-state index < -0.39 is 0 Å². The molecule has 0 aromatic heterocycles. The molecule has 1 aliphatic heterocycles. The summed E-state index contributed by atoms with van der Waals surface area (Å²) in [6.07, 6.45) is 4.81. The molecule has 0 unspecified atom stereocenters. The number of carbonyl (C=O) groups is 1. The van der Waals surface area contributed by atoms with Gasteiger partial charge in [-0.3, -0.25) is 4.79 Å². The van der Waals surface area contributed by atoms with E-state index in [2.05, 4.69) is 14.1 Å². The lowest BCUT2D eigenvalue weighted by atomic mass is 10.0. The molecule has 2 fully saturated rings. The molecule has 2 atom stereocenters. The molecule has 1 heterocycles. The summed E-state index contributed by atoms with van der Waals surface area (Å²) in [6.45, 7) is 1.09. The molecule has 12 heavy (non-hydrogen) atoms. The van der Waals surface area contributed by atoms with Gasteiger partial charge in [-0.2, -0.15) is 0 Å². The predicted octanol–water partition coefficient (Wildman–Crippen LogP) is 1.20. The molecule has 1 aliphatic carbocycles. The van der Waals surface area contributed by atoms with Crippen LogP contribution in [0.25, 0.3) is 0 Å². The van der Waals surface area contributed by atoms with Gasteiger partial charge in [0.2, 0.25) is 0 Å². The molecule has 0 amide bonds. The van der Waals surface area contributed by atoms with E-state index in [9.17, 15) is 4.79 Å². The summed E-state index contributed by atoms with van der Waals surface area (Å²) >= 11 is 0. The van der Waals surface area contributed by atoms with E-state index in [0.29, 0.717) is 17.7 Å². The van der Waals surface area contributed by atoms with Crippen LogP contribution >= 0.6 is 0 Å². The Bertz CT molecular complexity index is 210. The van der Waals surface area contributed by atoms with Crippen molar-refractivity contribution >= 4 is 5.78 Å². The SMILES string of the molecule is C[N+]1(C)C[C@@H]2CCCC[C@@H]1C2=O. The van der Waals surface area contributed by atoms with Crippen LogP contribution in [0.4, 0.5) is 0 Å². The second-order valence-corrected chi connectivity index (χ2v) is 4.86. The highest BCUT2D eigenvalue weighted by Gasteiger charge is 2.48. The highest BCUT2D eigenvalue weighted by Crippen LogP contribution is 2.34. The summed E-state index contributed by atoms with van der Waals surface area (Å²) in [5.41, 5.74) is 0. The number of rotatable bonds is 0. The van der Waals surface area contributed by atoms with Crippen molar-refractivity contribution in [2.24, 2.45) is 5.92 Å². The van der Waals surface area contributed by atoms with Crippen molar-refractivity contribution in [3.05, 3.63) is 0 Å². The van der Waals surface area contributed by atoms with E-state index in [1.807, 2.05) is 0 Å². The van der Waals surface area contributed by atoms with Gasteiger partial charge in [-0.25, -0.2) is 0 Å². The zero-order valence-electron chi connectivity index (χ0n) is 8.05. The monoisotopic (exact) mass is 168 g/mol. The van der Waals surface area contributed by atoms with Gasteiger partial charge in [0.15, 0.2) is 5.78 Å². The predicted molar refractivity (Wildman–Crippen MR) is 47.7 cm³/mol. The first-order valence-corrected chi connectivity index (χ1v) is 4.98. The molecule has 0 spiro atoms. The average Bonchev–Trinajstić information content (AvgIpc) is 2.17. The zero-order valence-corrected chi connectivity index (χ0v) is 8.05. The Balaban J connectivity index is 2.26.